The highest BCUT2D eigenvalue weighted by atomic mass is 16.4. The molecule has 0 amide bonds. The zero-order valence-electron chi connectivity index (χ0n) is 12.0. The van der Waals surface area contributed by atoms with Crippen molar-refractivity contribution in [3.8, 4) is 6.07 Å². The van der Waals surface area contributed by atoms with E-state index in [0.29, 0.717) is 11.4 Å². The number of nitriles is 1. The summed E-state index contributed by atoms with van der Waals surface area (Å²) in [5, 5.41) is 21.8. The maximum absolute atomic E-state index is 11.2. The van der Waals surface area contributed by atoms with Gasteiger partial charge in [0.25, 0.3) is 0 Å². The first-order valence-corrected chi connectivity index (χ1v) is 7.55. The van der Waals surface area contributed by atoms with Crippen LogP contribution in [-0.4, -0.2) is 21.6 Å². The Hall–Kier alpha value is -2.09. The summed E-state index contributed by atoms with van der Waals surface area (Å²) >= 11 is 0. The first-order chi connectivity index (χ1) is 10.1. The Morgan fingerprint density at radius 1 is 1.38 bits per heavy atom. The smallest absolute Gasteiger partial charge is 0.305 e. The standard InChI is InChI=1S/C16H19N3O2/c17-10-12-8-11-4-3-5-13(11)18-15(12)19-16(9-14(20)21)6-1-2-7-16/h8H,1-7,9H2,(H,18,19)(H,20,21). The minimum Gasteiger partial charge on any atom is -0.481 e. The Morgan fingerprint density at radius 3 is 2.81 bits per heavy atom. The minimum absolute atomic E-state index is 0.0800. The average Bonchev–Trinajstić information content (AvgIpc) is 3.06. The average molecular weight is 285 g/mol. The van der Waals surface area contributed by atoms with Crippen LogP contribution < -0.4 is 5.32 Å². The molecular weight excluding hydrogens is 266 g/mol. The van der Waals surface area contributed by atoms with Crippen LogP contribution in [0.5, 0.6) is 0 Å². The van der Waals surface area contributed by atoms with E-state index < -0.39 is 11.5 Å². The van der Waals surface area contributed by atoms with Gasteiger partial charge in [0.1, 0.15) is 11.9 Å². The van der Waals surface area contributed by atoms with Crippen molar-refractivity contribution in [3.05, 3.63) is 22.9 Å². The molecule has 0 unspecified atom stereocenters. The van der Waals surface area contributed by atoms with Crippen LogP contribution in [0.15, 0.2) is 6.07 Å². The summed E-state index contributed by atoms with van der Waals surface area (Å²) in [4.78, 5) is 15.8. The summed E-state index contributed by atoms with van der Waals surface area (Å²) in [5.74, 6) is -0.231. The molecule has 0 radical (unpaired) electrons. The van der Waals surface area contributed by atoms with Gasteiger partial charge < -0.3 is 10.4 Å². The number of carboxylic acids is 1. The molecule has 1 heterocycles. The number of pyridine rings is 1. The van der Waals surface area contributed by atoms with E-state index in [9.17, 15) is 15.2 Å². The number of aryl methyl sites for hydroxylation is 2. The van der Waals surface area contributed by atoms with Crippen molar-refractivity contribution in [2.24, 2.45) is 0 Å². The van der Waals surface area contributed by atoms with Gasteiger partial charge in [0.05, 0.1) is 12.0 Å². The number of hydrogen-bond donors (Lipinski definition) is 2. The van der Waals surface area contributed by atoms with Crippen molar-refractivity contribution in [2.45, 2.75) is 56.9 Å². The van der Waals surface area contributed by atoms with Crippen LogP contribution >= 0.6 is 0 Å². The highest BCUT2D eigenvalue weighted by Gasteiger charge is 2.37. The molecule has 5 nitrogen and oxygen atoms in total. The topological polar surface area (TPSA) is 86.0 Å². The fourth-order valence-electron chi connectivity index (χ4n) is 3.59. The Kier molecular flexibility index (Phi) is 3.54. The van der Waals surface area contributed by atoms with Gasteiger partial charge in [-0.1, -0.05) is 12.8 Å². The number of carbonyl (C=O) groups is 1. The van der Waals surface area contributed by atoms with Crippen molar-refractivity contribution < 1.29 is 9.90 Å². The predicted octanol–water partition coefficient (Wildman–Crippen LogP) is 2.64. The van der Waals surface area contributed by atoms with E-state index in [1.54, 1.807) is 0 Å². The molecule has 2 aliphatic rings. The summed E-state index contributed by atoms with van der Waals surface area (Å²) in [6, 6.07) is 4.12. The molecule has 1 saturated carbocycles. The Bertz CT molecular complexity index is 613. The highest BCUT2D eigenvalue weighted by Crippen LogP contribution is 2.37. The van der Waals surface area contributed by atoms with E-state index in [2.05, 4.69) is 16.4 Å². The quantitative estimate of drug-likeness (QED) is 0.888. The fourth-order valence-corrected chi connectivity index (χ4v) is 3.59. The molecule has 110 valence electrons. The lowest BCUT2D eigenvalue weighted by atomic mass is 9.93. The summed E-state index contributed by atoms with van der Waals surface area (Å²) in [6.07, 6.45) is 6.78. The second-order valence-electron chi connectivity index (χ2n) is 6.14. The fraction of sp³-hybridized carbons (Fsp3) is 0.562. The molecule has 0 aromatic carbocycles. The molecule has 21 heavy (non-hydrogen) atoms. The number of nitrogens with one attached hydrogen (secondary N) is 1. The number of fused-ring (bicyclic) bond motifs is 1. The molecule has 2 aliphatic carbocycles. The van der Waals surface area contributed by atoms with Crippen LogP contribution in [0, 0.1) is 11.3 Å². The van der Waals surface area contributed by atoms with Crippen LogP contribution in [0.4, 0.5) is 5.82 Å². The van der Waals surface area contributed by atoms with E-state index in [4.69, 9.17) is 0 Å². The molecule has 2 N–H and O–H groups in total. The number of aromatic nitrogens is 1. The molecule has 0 aliphatic heterocycles. The van der Waals surface area contributed by atoms with E-state index in [-0.39, 0.29) is 6.42 Å². The summed E-state index contributed by atoms with van der Waals surface area (Å²) in [5.41, 5.74) is 2.31. The van der Waals surface area contributed by atoms with Crippen molar-refractivity contribution >= 4 is 11.8 Å². The molecule has 5 heteroatoms. The monoisotopic (exact) mass is 285 g/mol. The third kappa shape index (κ3) is 2.71. The highest BCUT2D eigenvalue weighted by molar-refractivity contribution is 5.70. The Morgan fingerprint density at radius 2 is 2.14 bits per heavy atom. The van der Waals surface area contributed by atoms with Crippen LogP contribution in [0.1, 0.15) is 55.3 Å². The van der Waals surface area contributed by atoms with Gasteiger partial charge in [0.2, 0.25) is 0 Å². The maximum Gasteiger partial charge on any atom is 0.305 e. The number of carboxylic acid groups (broad SMARTS) is 1. The first-order valence-electron chi connectivity index (χ1n) is 7.55. The zero-order valence-corrected chi connectivity index (χ0v) is 12.0. The van der Waals surface area contributed by atoms with Gasteiger partial charge in [-0.3, -0.25) is 4.79 Å². The first kappa shape index (κ1) is 13.9. The predicted molar refractivity (Wildman–Crippen MR) is 78.1 cm³/mol. The van der Waals surface area contributed by atoms with E-state index in [1.807, 2.05) is 6.07 Å². The van der Waals surface area contributed by atoms with Crippen LogP contribution in [-0.2, 0) is 17.6 Å². The molecular formula is C16H19N3O2. The SMILES string of the molecule is N#Cc1cc2c(nc1NC1(CC(=O)O)CCCC1)CCC2. The lowest BCUT2D eigenvalue weighted by Gasteiger charge is -2.30. The zero-order chi connectivity index (χ0) is 14.9. The van der Waals surface area contributed by atoms with Crippen molar-refractivity contribution in [2.75, 3.05) is 5.32 Å². The van der Waals surface area contributed by atoms with Crippen LogP contribution in [0.3, 0.4) is 0 Å². The van der Waals surface area contributed by atoms with E-state index in [1.165, 1.54) is 0 Å². The third-order valence-corrected chi connectivity index (χ3v) is 4.61. The lowest BCUT2D eigenvalue weighted by Crippen LogP contribution is -2.38. The van der Waals surface area contributed by atoms with E-state index in [0.717, 1.165) is 56.2 Å². The molecule has 0 atom stereocenters. The molecule has 0 saturated heterocycles. The number of nitrogens with zero attached hydrogens (tertiary/aromatic N) is 2. The molecule has 1 fully saturated rings. The maximum atomic E-state index is 11.2. The number of hydrogen-bond acceptors (Lipinski definition) is 4. The normalized spacial score (nSPS) is 19.0. The second kappa shape index (κ2) is 5.36. The number of aliphatic carboxylic acids is 1. The molecule has 1 aromatic rings. The molecule has 0 bridgehead atoms. The minimum atomic E-state index is -0.802. The lowest BCUT2D eigenvalue weighted by molar-refractivity contribution is -0.138. The summed E-state index contributed by atoms with van der Waals surface area (Å²) in [7, 11) is 0. The van der Waals surface area contributed by atoms with Crippen molar-refractivity contribution in [1.82, 2.24) is 4.98 Å². The van der Waals surface area contributed by atoms with Gasteiger partial charge in [-0.05, 0) is 43.7 Å². The van der Waals surface area contributed by atoms with Crippen molar-refractivity contribution in [1.29, 1.82) is 5.26 Å². The summed E-state index contributed by atoms with van der Waals surface area (Å²) < 4.78 is 0. The van der Waals surface area contributed by atoms with E-state index >= 15 is 0 Å². The van der Waals surface area contributed by atoms with Gasteiger partial charge in [-0.15, -0.1) is 0 Å². The number of rotatable bonds is 4. The molecule has 1 aromatic heterocycles. The van der Waals surface area contributed by atoms with Gasteiger partial charge in [-0.2, -0.15) is 5.26 Å². The molecule has 3 rings (SSSR count). The summed E-state index contributed by atoms with van der Waals surface area (Å²) in [6.45, 7) is 0. The van der Waals surface area contributed by atoms with Gasteiger partial charge >= 0.3 is 5.97 Å². The van der Waals surface area contributed by atoms with Gasteiger partial charge in [-0.25, -0.2) is 4.98 Å². The van der Waals surface area contributed by atoms with Crippen LogP contribution in [0.25, 0.3) is 0 Å². The Labute approximate surface area is 124 Å². The number of anilines is 1. The largest absolute Gasteiger partial charge is 0.481 e. The Balaban J connectivity index is 1.93. The van der Waals surface area contributed by atoms with Gasteiger partial charge in [0.15, 0.2) is 0 Å². The third-order valence-electron chi connectivity index (χ3n) is 4.61. The van der Waals surface area contributed by atoms with Crippen LogP contribution in [0.2, 0.25) is 0 Å². The second-order valence-corrected chi connectivity index (χ2v) is 6.14. The molecule has 0 spiro atoms. The van der Waals surface area contributed by atoms with Crippen molar-refractivity contribution in [3.63, 3.8) is 0 Å². The van der Waals surface area contributed by atoms with Gasteiger partial charge in [0, 0.05) is 11.2 Å².